The van der Waals surface area contributed by atoms with Crippen LogP contribution in [0.5, 0.6) is 5.75 Å². The van der Waals surface area contributed by atoms with Gasteiger partial charge in [0.15, 0.2) is 0 Å². The average molecular weight is 433 g/mol. The molecule has 0 unspecified atom stereocenters. The Kier molecular flexibility index (Phi) is 6.35. The second-order valence-corrected chi connectivity index (χ2v) is 9.51. The third-order valence-electron chi connectivity index (χ3n) is 5.86. The molecule has 2 aliphatic rings. The van der Waals surface area contributed by atoms with Crippen molar-refractivity contribution in [3.63, 3.8) is 0 Å². The zero-order chi connectivity index (χ0) is 22.8. The molecule has 168 valence electrons. The number of benzene rings is 2. The fourth-order valence-corrected chi connectivity index (χ4v) is 4.32. The summed E-state index contributed by atoms with van der Waals surface area (Å²) in [4.78, 5) is 30.4. The van der Waals surface area contributed by atoms with Crippen LogP contribution in [0.25, 0.3) is 5.57 Å². The Hall–Kier alpha value is -3.08. The molecule has 0 radical (unpaired) electrons. The summed E-state index contributed by atoms with van der Waals surface area (Å²) >= 11 is 0. The summed E-state index contributed by atoms with van der Waals surface area (Å²) in [7, 11) is 0. The summed E-state index contributed by atoms with van der Waals surface area (Å²) in [5, 5.41) is 0. The molecule has 0 atom stereocenters. The summed E-state index contributed by atoms with van der Waals surface area (Å²) in [5.74, 6) is 1.03. The number of ether oxygens (including phenoxy) is 1. The van der Waals surface area contributed by atoms with Gasteiger partial charge in [0, 0.05) is 19.6 Å². The van der Waals surface area contributed by atoms with E-state index in [1.54, 1.807) is 0 Å². The highest BCUT2D eigenvalue weighted by Gasteiger charge is 2.42. The molecule has 0 aromatic heterocycles. The van der Waals surface area contributed by atoms with E-state index in [2.05, 4.69) is 36.9 Å². The molecular formula is C27H32N2O3. The zero-order valence-electron chi connectivity index (χ0n) is 19.4. The predicted molar refractivity (Wildman–Crippen MR) is 126 cm³/mol. The normalized spacial score (nSPS) is 16.4. The smallest absolute Gasteiger partial charge is 0.277 e. The van der Waals surface area contributed by atoms with E-state index < -0.39 is 0 Å². The van der Waals surface area contributed by atoms with Crippen molar-refractivity contribution >= 4 is 17.4 Å². The molecule has 0 fully saturated rings. The largest absolute Gasteiger partial charge is 0.493 e. The van der Waals surface area contributed by atoms with Crippen molar-refractivity contribution in [1.29, 1.82) is 0 Å². The summed E-state index contributed by atoms with van der Waals surface area (Å²) in [5.41, 5.74) is 4.32. The van der Waals surface area contributed by atoms with Crippen molar-refractivity contribution in [2.24, 2.45) is 11.8 Å². The molecule has 2 amide bonds. The first-order valence-corrected chi connectivity index (χ1v) is 11.5. The van der Waals surface area contributed by atoms with Gasteiger partial charge in [-0.3, -0.25) is 14.5 Å². The van der Waals surface area contributed by atoms with Crippen LogP contribution in [0.4, 0.5) is 0 Å². The van der Waals surface area contributed by atoms with Crippen LogP contribution >= 0.6 is 0 Å². The number of carbonyl (C=O) groups excluding carboxylic acids is 2. The van der Waals surface area contributed by atoms with Crippen LogP contribution in [-0.4, -0.2) is 41.3 Å². The lowest BCUT2D eigenvalue weighted by atomic mass is 9.98. The maximum atomic E-state index is 13.5. The van der Waals surface area contributed by atoms with Gasteiger partial charge >= 0.3 is 0 Å². The number of fused-ring (bicyclic) bond motifs is 1. The highest BCUT2D eigenvalue weighted by atomic mass is 16.5. The Labute approximate surface area is 190 Å². The summed E-state index contributed by atoms with van der Waals surface area (Å²) < 4.78 is 5.80. The zero-order valence-corrected chi connectivity index (χ0v) is 19.4. The second kappa shape index (κ2) is 9.19. The van der Waals surface area contributed by atoms with E-state index in [4.69, 9.17) is 4.74 Å². The molecule has 32 heavy (non-hydrogen) atoms. The molecule has 0 bridgehead atoms. The maximum Gasteiger partial charge on any atom is 0.277 e. The summed E-state index contributed by atoms with van der Waals surface area (Å²) in [6.45, 7) is 10.7. The van der Waals surface area contributed by atoms with Gasteiger partial charge in [0.1, 0.15) is 11.4 Å². The number of hydrogen-bond acceptors (Lipinski definition) is 4. The Bertz CT molecular complexity index is 1040. The number of nitrogens with zero attached hydrogens (tertiary/aromatic N) is 2. The SMILES string of the molecule is CC(C)COc1ccc(C2=C(N3CCc4ccccc4C3)C(=O)N(CC(C)C)C2=O)cc1. The van der Waals surface area contributed by atoms with Gasteiger partial charge < -0.3 is 9.64 Å². The van der Waals surface area contributed by atoms with Gasteiger partial charge in [-0.05, 0) is 47.1 Å². The average Bonchev–Trinajstić information content (AvgIpc) is 3.02. The lowest BCUT2D eigenvalue weighted by Gasteiger charge is -2.31. The first-order chi connectivity index (χ1) is 15.3. The Balaban J connectivity index is 1.70. The first kappa shape index (κ1) is 22.1. The lowest BCUT2D eigenvalue weighted by Crippen LogP contribution is -2.38. The first-order valence-electron chi connectivity index (χ1n) is 11.5. The molecule has 2 aromatic carbocycles. The molecule has 4 rings (SSSR count). The highest BCUT2D eigenvalue weighted by Crippen LogP contribution is 2.35. The molecule has 5 nitrogen and oxygen atoms in total. The van der Waals surface area contributed by atoms with Crippen molar-refractivity contribution in [1.82, 2.24) is 9.80 Å². The fourth-order valence-electron chi connectivity index (χ4n) is 4.32. The van der Waals surface area contributed by atoms with Gasteiger partial charge in [0.05, 0.1) is 12.2 Å². The number of rotatable bonds is 7. The molecular weight excluding hydrogens is 400 g/mol. The van der Waals surface area contributed by atoms with Crippen molar-refractivity contribution in [2.45, 2.75) is 40.7 Å². The van der Waals surface area contributed by atoms with Crippen LogP contribution in [0.2, 0.25) is 0 Å². The number of carbonyl (C=O) groups is 2. The summed E-state index contributed by atoms with van der Waals surface area (Å²) in [6.07, 6.45) is 0.862. The third-order valence-corrected chi connectivity index (χ3v) is 5.86. The van der Waals surface area contributed by atoms with Gasteiger partial charge in [0.25, 0.3) is 11.8 Å². The minimum absolute atomic E-state index is 0.182. The van der Waals surface area contributed by atoms with Gasteiger partial charge in [-0.1, -0.05) is 64.1 Å². The van der Waals surface area contributed by atoms with E-state index in [1.807, 2.05) is 44.2 Å². The van der Waals surface area contributed by atoms with Crippen LogP contribution in [0.3, 0.4) is 0 Å². The van der Waals surface area contributed by atoms with Gasteiger partial charge in [-0.25, -0.2) is 0 Å². The minimum Gasteiger partial charge on any atom is -0.493 e. The number of imide groups is 1. The standard InChI is InChI=1S/C27H32N2O3/c1-18(2)15-29-26(30)24(21-9-11-23(12-10-21)32-17-19(3)4)25(27(29)31)28-14-13-20-7-5-6-8-22(20)16-28/h5-12,18-19H,13-17H2,1-4H3. The van der Waals surface area contributed by atoms with Crippen molar-refractivity contribution in [3.05, 3.63) is 70.9 Å². The summed E-state index contributed by atoms with van der Waals surface area (Å²) in [6, 6.07) is 15.9. The van der Waals surface area contributed by atoms with Crippen molar-refractivity contribution < 1.29 is 14.3 Å². The second-order valence-electron chi connectivity index (χ2n) is 9.51. The van der Waals surface area contributed by atoms with Gasteiger partial charge in [0.2, 0.25) is 0 Å². The molecule has 0 aliphatic carbocycles. The molecule has 0 N–H and O–H groups in total. The number of amides is 2. The van der Waals surface area contributed by atoms with Gasteiger partial charge in [-0.15, -0.1) is 0 Å². The monoisotopic (exact) mass is 432 g/mol. The van der Waals surface area contributed by atoms with Crippen LogP contribution in [0.1, 0.15) is 44.4 Å². The molecule has 0 saturated heterocycles. The van der Waals surface area contributed by atoms with E-state index in [-0.39, 0.29) is 17.7 Å². The molecule has 0 spiro atoms. The van der Waals surface area contributed by atoms with E-state index >= 15 is 0 Å². The topological polar surface area (TPSA) is 49.9 Å². The molecule has 0 saturated carbocycles. The van der Waals surface area contributed by atoms with E-state index in [0.717, 1.165) is 24.3 Å². The highest BCUT2D eigenvalue weighted by molar-refractivity contribution is 6.35. The van der Waals surface area contributed by atoms with Crippen molar-refractivity contribution in [2.75, 3.05) is 19.7 Å². The fraction of sp³-hybridized carbons (Fsp3) is 0.407. The van der Waals surface area contributed by atoms with Crippen LogP contribution in [0, 0.1) is 11.8 Å². The quantitative estimate of drug-likeness (QED) is 0.604. The lowest BCUT2D eigenvalue weighted by molar-refractivity contribution is -0.138. The Morgan fingerprint density at radius 2 is 1.56 bits per heavy atom. The van der Waals surface area contributed by atoms with Crippen LogP contribution in [0.15, 0.2) is 54.2 Å². The van der Waals surface area contributed by atoms with Crippen LogP contribution in [-0.2, 0) is 22.6 Å². The van der Waals surface area contributed by atoms with Crippen molar-refractivity contribution in [3.8, 4) is 5.75 Å². The minimum atomic E-state index is -0.201. The Morgan fingerprint density at radius 3 is 2.22 bits per heavy atom. The van der Waals surface area contributed by atoms with Crippen LogP contribution < -0.4 is 4.74 Å². The maximum absolute atomic E-state index is 13.5. The molecule has 2 aromatic rings. The van der Waals surface area contributed by atoms with E-state index in [0.29, 0.717) is 36.9 Å². The number of hydrogen-bond donors (Lipinski definition) is 0. The molecule has 2 heterocycles. The predicted octanol–water partition coefficient (Wildman–Crippen LogP) is 4.52. The van der Waals surface area contributed by atoms with E-state index in [9.17, 15) is 9.59 Å². The molecule has 2 aliphatic heterocycles. The van der Waals surface area contributed by atoms with Gasteiger partial charge in [-0.2, -0.15) is 0 Å². The van der Waals surface area contributed by atoms with E-state index in [1.165, 1.54) is 16.0 Å². The molecule has 5 heteroatoms. The third kappa shape index (κ3) is 4.43. The Morgan fingerprint density at radius 1 is 0.875 bits per heavy atom.